The Morgan fingerprint density at radius 2 is 1.68 bits per heavy atom. The molecule has 2 N–H and O–H groups in total. The Morgan fingerprint density at radius 3 is 2.35 bits per heavy atom. The van der Waals surface area contributed by atoms with Crippen molar-refractivity contribution in [1.82, 2.24) is 14.7 Å². The molecule has 0 aliphatic heterocycles. The summed E-state index contributed by atoms with van der Waals surface area (Å²) < 4.78 is 29.2. The van der Waals surface area contributed by atoms with E-state index < -0.39 is 10.0 Å². The maximum Gasteiger partial charge on any atom is 0.240 e. The van der Waals surface area contributed by atoms with Crippen molar-refractivity contribution in [2.75, 3.05) is 37.4 Å². The van der Waals surface area contributed by atoms with Crippen molar-refractivity contribution < 1.29 is 8.42 Å². The third kappa shape index (κ3) is 5.87. The van der Waals surface area contributed by atoms with Crippen LogP contribution in [0.2, 0.25) is 0 Å². The lowest BCUT2D eigenvalue weighted by Gasteiger charge is -2.29. The van der Waals surface area contributed by atoms with Gasteiger partial charge in [-0.05, 0) is 80.3 Å². The van der Waals surface area contributed by atoms with Gasteiger partial charge in [0.1, 0.15) is 5.82 Å². The largest absolute Gasteiger partial charge is 0.362 e. The molecule has 1 heterocycles. The van der Waals surface area contributed by atoms with E-state index >= 15 is 0 Å². The Bertz CT molecular complexity index is 1260. The fraction of sp³-hybridized carbons (Fsp3) is 0.440. The van der Waals surface area contributed by atoms with Gasteiger partial charge in [0, 0.05) is 37.0 Å². The van der Waals surface area contributed by atoms with Gasteiger partial charge >= 0.3 is 0 Å². The molecule has 0 spiro atoms. The number of para-hydroxylation sites is 1. The SMILES string of the molecule is Cc1cc(Br)ccc1S(=O)(=O)NC[C@H]1CC[C@H](CNc2nc(N(C)C)c3ccccc3n2)CC1. The topological polar surface area (TPSA) is 87.2 Å². The van der Waals surface area contributed by atoms with Gasteiger partial charge in [-0.15, -0.1) is 0 Å². The molecule has 0 radical (unpaired) electrons. The van der Waals surface area contributed by atoms with Gasteiger partial charge < -0.3 is 10.2 Å². The van der Waals surface area contributed by atoms with Crippen LogP contribution in [0.3, 0.4) is 0 Å². The molecule has 3 aromatic rings. The second kappa shape index (κ2) is 10.6. The second-order valence-corrected chi connectivity index (χ2v) is 12.0. The smallest absolute Gasteiger partial charge is 0.240 e. The Morgan fingerprint density at radius 1 is 1.00 bits per heavy atom. The van der Waals surface area contributed by atoms with Gasteiger partial charge in [-0.3, -0.25) is 0 Å². The number of nitrogens with zero attached hydrogens (tertiary/aromatic N) is 3. The molecule has 1 fully saturated rings. The average Bonchev–Trinajstić information content (AvgIpc) is 2.81. The summed E-state index contributed by atoms with van der Waals surface area (Å²) in [6, 6.07) is 13.3. The third-order valence-corrected chi connectivity index (χ3v) is 8.59. The van der Waals surface area contributed by atoms with Gasteiger partial charge in [0.25, 0.3) is 0 Å². The first-order valence-electron chi connectivity index (χ1n) is 11.7. The summed E-state index contributed by atoms with van der Waals surface area (Å²) in [5, 5.41) is 4.48. The van der Waals surface area contributed by atoms with Crippen molar-refractivity contribution in [2.24, 2.45) is 11.8 Å². The maximum atomic E-state index is 12.7. The highest BCUT2D eigenvalue weighted by Crippen LogP contribution is 2.30. The molecular formula is C25H32BrN5O2S. The van der Waals surface area contributed by atoms with Crippen LogP contribution >= 0.6 is 15.9 Å². The molecule has 182 valence electrons. The standard InChI is InChI=1S/C25H32BrN5O2S/c1-17-14-20(26)12-13-23(17)34(32,33)28-16-19-10-8-18(9-11-19)15-27-25-29-22-7-5-4-6-21(22)24(30-25)31(2)3/h4-7,12-14,18-19,28H,8-11,15-16H2,1-3H3,(H,27,29,30)/t18-,19-. The zero-order valence-corrected chi connectivity index (χ0v) is 22.3. The van der Waals surface area contributed by atoms with Crippen LogP contribution in [0, 0.1) is 18.8 Å². The molecule has 0 atom stereocenters. The lowest BCUT2D eigenvalue weighted by atomic mass is 9.82. The normalized spacial score (nSPS) is 18.7. The third-order valence-electron chi connectivity index (χ3n) is 6.51. The fourth-order valence-electron chi connectivity index (χ4n) is 4.57. The number of hydrogen-bond donors (Lipinski definition) is 2. The molecule has 9 heteroatoms. The summed E-state index contributed by atoms with van der Waals surface area (Å²) in [7, 11) is 0.485. The van der Waals surface area contributed by atoms with Gasteiger partial charge in [0.2, 0.25) is 16.0 Å². The summed E-state index contributed by atoms with van der Waals surface area (Å²) >= 11 is 3.39. The highest BCUT2D eigenvalue weighted by atomic mass is 79.9. The Hall–Kier alpha value is -2.23. The molecule has 7 nitrogen and oxygen atoms in total. The first kappa shape index (κ1) is 24.9. The molecule has 1 aliphatic carbocycles. The molecule has 1 aliphatic rings. The number of aromatic nitrogens is 2. The molecule has 0 unspecified atom stereocenters. The van der Waals surface area contributed by atoms with Crippen molar-refractivity contribution in [2.45, 2.75) is 37.5 Å². The predicted octanol–water partition coefficient (Wildman–Crippen LogP) is 4.96. The van der Waals surface area contributed by atoms with Crippen molar-refractivity contribution in [3.8, 4) is 0 Å². The lowest BCUT2D eigenvalue weighted by molar-refractivity contribution is 0.284. The van der Waals surface area contributed by atoms with Crippen LogP contribution in [-0.2, 0) is 10.0 Å². The summed E-state index contributed by atoms with van der Waals surface area (Å²) in [6.07, 6.45) is 4.14. The molecule has 1 aromatic heterocycles. The van der Waals surface area contributed by atoms with E-state index in [1.807, 2.05) is 56.3 Å². The van der Waals surface area contributed by atoms with Crippen molar-refractivity contribution in [3.63, 3.8) is 0 Å². The van der Waals surface area contributed by atoms with Crippen LogP contribution in [0.5, 0.6) is 0 Å². The van der Waals surface area contributed by atoms with E-state index in [0.29, 0.717) is 29.2 Å². The minimum atomic E-state index is -3.50. The van der Waals surface area contributed by atoms with Gasteiger partial charge in [-0.1, -0.05) is 28.1 Å². The summed E-state index contributed by atoms with van der Waals surface area (Å²) in [4.78, 5) is 11.8. The number of fused-ring (bicyclic) bond motifs is 1. The quantitative estimate of drug-likeness (QED) is 0.415. The summed E-state index contributed by atoms with van der Waals surface area (Å²) in [6.45, 7) is 3.12. The van der Waals surface area contributed by atoms with E-state index in [9.17, 15) is 8.42 Å². The Labute approximate surface area is 210 Å². The van der Waals surface area contributed by atoms with Gasteiger partial charge in [0.05, 0.1) is 10.4 Å². The van der Waals surface area contributed by atoms with Crippen molar-refractivity contribution in [1.29, 1.82) is 0 Å². The molecule has 34 heavy (non-hydrogen) atoms. The Balaban J connectivity index is 1.29. The summed E-state index contributed by atoms with van der Waals surface area (Å²) in [5.41, 5.74) is 1.67. The van der Waals surface area contributed by atoms with E-state index in [2.05, 4.69) is 31.0 Å². The Kier molecular flexibility index (Phi) is 7.74. The minimum absolute atomic E-state index is 0.348. The van der Waals surface area contributed by atoms with Crippen LogP contribution in [-0.4, -0.2) is 45.6 Å². The number of anilines is 2. The molecule has 0 amide bonds. The van der Waals surface area contributed by atoms with Gasteiger partial charge in [-0.25, -0.2) is 18.1 Å². The summed E-state index contributed by atoms with van der Waals surface area (Å²) in [5.74, 6) is 2.45. The molecule has 4 rings (SSSR count). The van der Waals surface area contributed by atoms with Crippen LogP contribution < -0.4 is 14.9 Å². The van der Waals surface area contributed by atoms with E-state index in [1.165, 1.54) is 0 Å². The monoisotopic (exact) mass is 545 g/mol. The first-order chi connectivity index (χ1) is 16.2. The number of nitrogens with one attached hydrogen (secondary N) is 2. The number of sulfonamides is 1. The molecule has 0 bridgehead atoms. The second-order valence-electron chi connectivity index (χ2n) is 9.31. The van der Waals surface area contributed by atoms with Crippen molar-refractivity contribution >= 4 is 48.6 Å². The highest BCUT2D eigenvalue weighted by molar-refractivity contribution is 9.10. The average molecular weight is 547 g/mol. The maximum absolute atomic E-state index is 12.7. The predicted molar refractivity (Wildman–Crippen MR) is 142 cm³/mol. The van der Waals surface area contributed by atoms with Gasteiger partial charge in [-0.2, -0.15) is 4.98 Å². The number of rotatable bonds is 8. The number of aryl methyl sites for hydroxylation is 1. The molecule has 1 saturated carbocycles. The van der Waals surface area contributed by atoms with Crippen LogP contribution in [0.1, 0.15) is 31.2 Å². The molecule has 2 aromatic carbocycles. The first-order valence-corrected chi connectivity index (χ1v) is 13.9. The molecule has 0 saturated heterocycles. The highest BCUT2D eigenvalue weighted by Gasteiger charge is 2.24. The number of halogens is 1. The minimum Gasteiger partial charge on any atom is -0.362 e. The zero-order valence-electron chi connectivity index (χ0n) is 19.9. The molecular weight excluding hydrogens is 514 g/mol. The van der Waals surface area contributed by atoms with E-state index in [0.717, 1.165) is 59.0 Å². The van der Waals surface area contributed by atoms with Crippen LogP contribution in [0.4, 0.5) is 11.8 Å². The fourth-order valence-corrected chi connectivity index (χ4v) is 6.39. The van der Waals surface area contributed by atoms with E-state index in [1.54, 1.807) is 12.1 Å². The van der Waals surface area contributed by atoms with E-state index in [4.69, 9.17) is 4.98 Å². The van der Waals surface area contributed by atoms with Crippen LogP contribution in [0.25, 0.3) is 10.9 Å². The van der Waals surface area contributed by atoms with Gasteiger partial charge in [0.15, 0.2) is 0 Å². The zero-order chi connectivity index (χ0) is 24.3. The van der Waals surface area contributed by atoms with E-state index in [-0.39, 0.29) is 0 Å². The van der Waals surface area contributed by atoms with Crippen LogP contribution in [0.15, 0.2) is 51.8 Å². The van der Waals surface area contributed by atoms with Crippen molar-refractivity contribution in [3.05, 3.63) is 52.5 Å². The number of benzene rings is 2. The number of hydrogen-bond acceptors (Lipinski definition) is 6. The lowest BCUT2D eigenvalue weighted by Crippen LogP contribution is -2.32.